The number of aliphatic carboxylic acids is 1. The summed E-state index contributed by atoms with van der Waals surface area (Å²) >= 11 is 0. The molecule has 3 rings (SSSR count). The Hall–Kier alpha value is -3.37. The molecule has 0 aliphatic carbocycles. The Kier molecular flexibility index (Phi) is 7.16. The largest absolute Gasteiger partial charge is 0.489 e. The first-order valence-corrected chi connectivity index (χ1v) is 9.62. The zero-order chi connectivity index (χ0) is 23.3. The van der Waals surface area contributed by atoms with Crippen molar-refractivity contribution < 1.29 is 37.4 Å². The molecule has 0 spiro atoms. The van der Waals surface area contributed by atoms with E-state index < -0.39 is 36.7 Å². The highest BCUT2D eigenvalue weighted by Gasteiger charge is 2.50. The highest BCUT2D eigenvalue weighted by molar-refractivity contribution is 5.89. The van der Waals surface area contributed by atoms with Crippen molar-refractivity contribution in [3.05, 3.63) is 77.9 Å². The van der Waals surface area contributed by atoms with Crippen LogP contribution in [-0.4, -0.2) is 41.2 Å². The second-order valence-electron chi connectivity index (χ2n) is 7.00. The topological polar surface area (TPSA) is 88.1 Å². The third kappa shape index (κ3) is 5.09. The Morgan fingerprint density at radius 3 is 2.53 bits per heavy atom. The Bertz CT molecular complexity index is 981. The highest BCUT2D eigenvalue weighted by Crippen LogP contribution is 2.42. The van der Waals surface area contributed by atoms with Crippen LogP contribution in [0, 0.1) is 0 Å². The van der Waals surface area contributed by atoms with E-state index in [1.165, 1.54) is 18.2 Å². The van der Waals surface area contributed by atoms with Gasteiger partial charge in [-0.1, -0.05) is 48.5 Å². The lowest BCUT2D eigenvalue weighted by atomic mass is 9.88. The van der Waals surface area contributed by atoms with Gasteiger partial charge in [-0.25, -0.2) is 4.79 Å². The van der Waals surface area contributed by atoms with Gasteiger partial charge < -0.3 is 14.7 Å². The summed E-state index contributed by atoms with van der Waals surface area (Å²) < 4.78 is 45.5. The fraction of sp³-hybridized carbons (Fsp3) is 0.273. The Labute approximate surface area is 182 Å². The van der Waals surface area contributed by atoms with Crippen molar-refractivity contribution in [2.24, 2.45) is 0 Å². The minimum atomic E-state index is -5.24. The van der Waals surface area contributed by atoms with Crippen molar-refractivity contribution >= 4 is 11.9 Å². The number of nitrogens with one attached hydrogen (secondary N) is 1. The number of hydroxylamine groups is 1. The average molecular weight is 450 g/mol. The number of carboxylic acid groups (broad SMARTS) is 1. The summed E-state index contributed by atoms with van der Waals surface area (Å²) in [7, 11) is 0. The van der Waals surface area contributed by atoms with E-state index in [1.807, 2.05) is 30.3 Å². The molecule has 2 aromatic carbocycles. The summed E-state index contributed by atoms with van der Waals surface area (Å²) in [6, 6.07) is 10.8. The number of nitrogens with zero attached hydrogens (tertiary/aromatic N) is 1. The van der Waals surface area contributed by atoms with Gasteiger partial charge in [0.25, 0.3) is 0 Å². The molecule has 2 atom stereocenters. The Balaban J connectivity index is 2.03. The predicted octanol–water partition coefficient (Wildman–Crippen LogP) is 3.54. The van der Waals surface area contributed by atoms with Crippen LogP contribution in [0.25, 0.3) is 0 Å². The van der Waals surface area contributed by atoms with Gasteiger partial charge in [0.05, 0.1) is 12.6 Å². The fourth-order valence-corrected chi connectivity index (χ4v) is 3.53. The lowest BCUT2D eigenvalue weighted by Crippen LogP contribution is -2.52. The molecule has 0 fully saturated rings. The standard InChI is InChI=1S/C22H21F3N2O5/c1-2-11-32-26-16-12-27(21(30)22(23,24)25)19(20(28)29)15-9-6-10-17(18(15)16)31-13-14-7-4-3-5-8-14/h2-10,16,19,26H,1,11-13H2,(H,28,29). The first kappa shape index (κ1) is 23.3. The van der Waals surface area contributed by atoms with Crippen LogP contribution in [0.2, 0.25) is 0 Å². The second kappa shape index (κ2) is 9.84. The van der Waals surface area contributed by atoms with Crippen molar-refractivity contribution in [2.45, 2.75) is 24.9 Å². The van der Waals surface area contributed by atoms with Crippen LogP contribution in [0.4, 0.5) is 13.2 Å². The van der Waals surface area contributed by atoms with E-state index in [-0.39, 0.29) is 29.4 Å². The maximum absolute atomic E-state index is 13.2. The molecule has 0 bridgehead atoms. The normalized spacial score (nSPS) is 18.0. The lowest BCUT2D eigenvalue weighted by Gasteiger charge is -2.39. The first-order chi connectivity index (χ1) is 15.2. The number of benzene rings is 2. The van der Waals surface area contributed by atoms with Crippen LogP contribution in [0.5, 0.6) is 5.75 Å². The smallest absolute Gasteiger partial charge is 0.471 e. The fourth-order valence-electron chi connectivity index (χ4n) is 3.53. The van der Waals surface area contributed by atoms with E-state index in [4.69, 9.17) is 9.57 Å². The molecule has 0 saturated heterocycles. The molecule has 1 aliphatic rings. The Morgan fingerprint density at radius 1 is 1.19 bits per heavy atom. The third-order valence-corrected chi connectivity index (χ3v) is 4.84. The van der Waals surface area contributed by atoms with Crippen LogP contribution in [0.3, 0.4) is 0 Å². The number of hydrogen-bond acceptors (Lipinski definition) is 5. The van der Waals surface area contributed by atoms with Gasteiger partial charge in [0.1, 0.15) is 12.4 Å². The summed E-state index contributed by atoms with van der Waals surface area (Å²) in [4.78, 5) is 29.5. The molecule has 2 aromatic rings. The van der Waals surface area contributed by atoms with Gasteiger partial charge in [-0.3, -0.25) is 9.63 Å². The van der Waals surface area contributed by atoms with Gasteiger partial charge >= 0.3 is 18.1 Å². The maximum Gasteiger partial charge on any atom is 0.471 e. The van der Waals surface area contributed by atoms with Crippen molar-refractivity contribution in [2.75, 3.05) is 13.2 Å². The summed E-state index contributed by atoms with van der Waals surface area (Å²) in [6.07, 6.45) is -3.81. The summed E-state index contributed by atoms with van der Waals surface area (Å²) in [5, 5.41) is 9.70. The molecule has 7 nitrogen and oxygen atoms in total. The van der Waals surface area contributed by atoms with E-state index in [0.29, 0.717) is 5.56 Å². The number of rotatable bonds is 8. The number of amides is 1. The van der Waals surface area contributed by atoms with Gasteiger partial charge in [-0.2, -0.15) is 18.7 Å². The lowest BCUT2D eigenvalue weighted by molar-refractivity contribution is -0.191. The number of carboxylic acids is 1. The van der Waals surface area contributed by atoms with E-state index in [2.05, 4.69) is 12.1 Å². The number of ether oxygens (including phenoxy) is 1. The van der Waals surface area contributed by atoms with Crippen LogP contribution in [0.1, 0.15) is 28.8 Å². The molecular formula is C22H21F3N2O5. The SMILES string of the molecule is C=CCONC1CN(C(=O)C(F)(F)F)C(C(=O)O)c2cccc(OCc3ccccc3)c21. The van der Waals surface area contributed by atoms with Crippen LogP contribution < -0.4 is 10.2 Å². The number of alkyl halides is 3. The van der Waals surface area contributed by atoms with E-state index in [1.54, 1.807) is 6.07 Å². The molecule has 32 heavy (non-hydrogen) atoms. The second-order valence-corrected chi connectivity index (χ2v) is 7.00. The highest BCUT2D eigenvalue weighted by atomic mass is 19.4. The van der Waals surface area contributed by atoms with E-state index in [9.17, 15) is 27.9 Å². The van der Waals surface area contributed by atoms with Gasteiger partial charge in [0.15, 0.2) is 6.04 Å². The molecular weight excluding hydrogens is 429 g/mol. The molecule has 1 amide bonds. The summed E-state index contributed by atoms with van der Waals surface area (Å²) in [5.74, 6) is -3.56. The maximum atomic E-state index is 13.2. The molecule has 0 saturated carbocycles. The predicted molar refractivity (Wildman–Crippen MR) is 107 cm³/mol. The number of carbonyl (C=O) groups is 2. The van der Waals surface area contributed by atoms with Crippen LogP contribution in [-0.2, 0) is 21.0 Å². The van der Waals surface area contributed by atoms with Crippen molar-refractivity contribution in [1.82, 2.24) is 10.4 Å². The molecule has 2 N–H and O–H groups in total. The molecule has 0 radical (unpaired) electrons. The molecule has 2 unspecified atom stereocenters. The number of halogens is 3. The number of fused-ring (bicyclic) bond motifs is 1. The van der Waals surface area contributed by atoms with Crippen LogP contribution >= 0.6 is 0 Å². The van der Waals surface area contributed by atoms with Gasteiger partial charge in [-0.15, -0.1) is 6.58 Å². The first-order valence-electron chi connectivity index (χ1n) is 9.62. The monoisotopic (exact) mass is 450 g/mol. The third-order valence-electron chi connectivity index (χ3n) is 4.84. The van der Waals surface area contributed by atoms with Crippen molar-refractivity contribution in [3.8, 4) is 5.75 Å². The van der Waals surface area contributed by atoms with Crippen molar-refractivity contribution in [3.63, 3.8) is 0 Å². The van der Waals surface area contributed by atoms with Crippen molar-refractivity contribution in [1.29, 1.82) is 0 Å². The summed E-state index contributed by atoms with van der Waals surface area (Å²) in [6.45, 7) is 3.10. The molecule has 1 heterocycles. The van der Waals surface area contributed by atoms with E-state index in [0.717, 1.165) is 5.56 Å². The molecule has 1 aliphatic heterocycles. The van der Waals surface area contributed by atoms with Gasteiger partial charge in [0, 0.05) is 12.1 Å². The van der Waals surface area contributed by atoms with Crippen LogP contribution in [0.15, 0.2) is 61.2 Å². The number of hydrogen-bond donors (Lipinski definition) is 2. The molecule has 170 valence electrons. The van der Waals surface area contributed by atoms with E-state index >= 15 is 0 Å². The summed E-state index contributed by atoms with van der Waals surface area (Å²) in [5.41, 5.74) is 3.77. The zero-order valence-electron chi connectivity index (χ0n) is 16.8. The molecule has 0 aromatic heterocycles. The quantitative estimate of drug-likeness (QED) is 0.363. The zero-order valence-corrected chi connectivity index (χ0v) is 16.8. The van der Waals surface area contributed by atoms with Gasteiger partial charge in [-0.05, 0) is 17.2 Å². The molecule has 10 heteroatoms. The minimum Gasteiger partial charge on any atom is -0.489 e. The Morgan fingerprint density at radius 2 is 1.91 bits per heavy atom. The number of carbonyl (C=O) groups excluding carboxylic acids is 1. The minimum absolute atomic E-state index is 0.00612. The average Bonchev–Trinajstić information content (AvgIpc) is 2.76. The van der Waals surface area contributed by atoms with Gasteiger partial charge in [0.2, 0.25) is 0 Å².